The molecule has 1 heterocycles. The molecule has 0 unspecified atom stereocenters. The minimum Gasteiger partial charge on any atom is -0.442 e. The van der Waals surface area contributed by atoms with Gasteiger partial charge in [-0.1, -0.05) is 0 Å². The van der Waals surface area contributed by atoms with Crippen LogP contribution in [0.1, 0.15) is 36.8 Å². The molecule has 0 saturated carbocycles. The number of pyridine rings is 1. The van der Waals surface area contributed by atoms with E-state index in [9.17, 15) is 9.59 Å². The Labute approximate surface area is 105 Å². The first-order valence-corrected chi connectivity index (χ1v) is 5.41. The third-order valence-electron chi connectivity index (χ3n) is 1.77. The first-order chi connectivity index (χ1) is 8.28. The summed E-state index contributed by atoms with van der Waals surface area (Å²) >= 11 is 0. The van der Waals surface area contributed by atoms with Crippen molar-refractivity contribution in [2.45, 2.75) is 33.3 Å². The second-order valence-electron chi connectivity index (χ2n) is 4.68. The molecule has 1 aromatic heterocycles. The van der Waals surface area contributed by atoms with E-state index in [2.05, 4.69) is 9.82 Å². The smallest absolute Gasteiger partial charge is 0.441 e. The summed E-state index contributed by atoms with van der Waals surface area (Å²) in [5.74, 6) is -0.701. The number of nitrogens with one attached hydrogen (secondary N) is 1. The normalized spacial score (nSPS) is 10.7. The number of nitrogens with zero attached hydrogens (tertiary/aromatic N) is 1. The highest BCUT2D eigenvalue weighted by atomic mass is 16.7. The highest BCUT2D eigenvalue weighted by Gasteiger charge is 2.17. The molecule has 18 heavy (non-hydrogen) atoms. The summed E-state index contributed by atoms with van der Waals surface area (Å²) < 4.78 is 4.90. The molecule has 0 atom stereocenters. The summed E-state index contributed by atoms with van der Waals surface area (Å²) in [5.41, 5.74) is 2.29. The first kappa shape index (κ1) is 14.0. The van der Waals surface area contributed by atoms with Crippen LogP contribution in [0.25, 0.3) is 0 Å². The lowest BCUT2D eigenvalue weighted by Gasteiger charge is -2.19. The van der Waals surface area contributed by atoms with E-state index in [4.69, 9.17) is 4.74 Å². The lowest BCUT2D eigenvalue weighted by atomic mass is 10.2. The second kappa shape index (κ2) is 5.48. The van der Waals surface area contributed by atoms with Crippen molar-refractivity contribution in [3.05, 3.63) is 29.6 Å². The Morgan fingerprint density at radius 3 is 2.44 bits per heavy atom. The summed E-state index contributed by atoms with van der Waals surface area (Å²) in [6.07, 6.45) is 0.546. The zero-order valence-corrected chi connectivity index (χ0v) is 10.8. The van der Waals surface area contributed by atoms with Crippen molar-refractivity contribution in [1.82, 2.24) is 10.5 Å². The van der Waals surface area contributed by atoms with Crippen LogP contribution in [0.15, 0.2) is 18.3 Å². The van der Waals surface area contributed by atoms with Crippen LogP contribution in [-0.4, -0.2) is 22.6 Å². The Balaban J connectivity index is 2.47. The van der Waals surface area contributed by atoms with Crippen LogP contribution in [0.5, 0.6) is 0 Å². The molecule has 98 valence electrons. The monoisotopic (exact) mass is 252 g/mol. The average molecular weight is 252 g/mol. The Morgan fingerprint density at radius 2 is 1.94 bits per heavy atom. The molecule has 0 bridgehead atoms. The van der Waals surface area contributed by atoms with Gasteiger partial charge in [0.2, 0.25) is 0 Å². The predicted molar refractivity (Wildman–Crippen MR) is 63.8 cm³/mol. The summed E-state index contributed by atoms with van der Waals surface area (Å²) in [4.78, 5) is 31.2. The van der Waals surface area contributed by atoms with Gasteiger partial charge in [0.1, 0.15) is 5.60 Å². The third-order valence-corrected chi connectivity index (χ3v) is 1.77. The Hall–Kier alpha value is -2.11. The standard InChI is InChI=1S/C12H16N2O4/c1-8-5-6-9(7-13-8)10(15)18-14-11(16)17-12(2,3)4/h5-7H,1-4H3,(H,14,16). The van der Waals surface area contributed by atoms with E-state index in [0.717, 1.165) is 5.69 Å². The number of carbonyl (C=O) groups is 2. The predicted octanol–water partition coefficient (Wildman–Crippen LogP) is 1.99. The number of aromatic nitrogens is 1. The van der Waals surface area contributed by atoms with E-state index in [0.29, 0.717) is 0 Å². The van der Waals surface area contributed by atoms with Gasteiger partial charge in [-0.05, 0) is 39.8 Å². The molecule has 0 radical (unpaired) electrons. The highest BCUT2D eigenvalue weighted by molar-refractivity contribution is 5.89. The molecule has 1 aromatic rings. The highest BCUT2D eigenvalue weighted by Crippen LogP contribution is 2.06. The lowest BCUT2D eigenvalue weighted by molar-refractivity contribution is -0.00132. The van der Waals surface area contributed by atoms with Gasteiger partial charge in [-0.3, -0.25) is 4.98 Å². The summed E-state index contributed by atoms with van der Waals surface area (Å²) in [5, 5.41) is 0. The fraction of sp³-hybridized carbons (Fsp3) is 0.417. The molecule has 0 spiro atoms. The van der Waals surface area contributed by atoms with E-state index >= 15 is 0 Å². The lowest BCUT2D eigenvalue weighted by Crippen LogP contribution is -2.34. The van der Waals surface area contributed by atoms with Crippen molar-refractivity contribution < 1.29 is 19.2 Å². The van der Waals surface area contributed by atoms with Crippen LogP contribution in [0.4, 0.5) is 4.79 Å². The molecular weight excluding hydrogens is 236 g/mol. The number of ether oxygens (including phenoxy) is 1. The number of hydrogen-bond donors (Lipinski definition) is 1. The van der Waals surface area contributed by atoms with E-state index in [1.807, 2.05) is 5.48 Å². The van der Waals surface area contributed by atoms with Crippen LogP contribution in [0.2, 0.25) is 0 Å². The number of hydrogen-bond acceptors (Lipinski definition) is 5. The molecule has 0 aliphatic rings. The van der Waals surface area contributed by atoms with Gasteiger partial charge in [0.25, 0.3) is 0 Å². The van der Waals surface area contributed by atoms with Crippen LogP contribution in [0.3, 0.4) is 0 Å². The second-order valence-corrected chi connectivity index (χ2v) is 4.68. The molecule has 0 aliphatic carbocycles. The van der Waals surface area contributed by atoms with Crippen molar-refractivity contribution in [2.75, 3.05) is 0 Å². The molecule has 6 nitrogen and oxygen atoms in total. The number of amides is 1. The topological polar surface area (TPSA) is 77.5 Å². The molecule has 0 saturated heterocycles. The van der Waals surface area contributed by atoms with Crippen LogP contribution < -0.4 is 5.48 Å². The number of hydroxylamine groups is 1. The number of carbonyl (C=O) groups excluding carboxylic acids is 2. The average Bonchev–Trinajstić information content (AvgIpc) is 2.24. The minimum atomic E-state index is -0.823. The van der Waals surface area contributed by atoms with Gasteiger partial charge in [-0.25, -0.2) is 9.59 Å². The zero-order valence-electron chi connectivity index (χ0n) is 10.8. The summed E-state index contributed by atoms with van der Waals surface area (Å²) in [6, 6.07) is 3.23. The fourth-order valence-electron chi connectivity index (χ4n) is 1.03. The SMILES string of the molecule is Cc1ccc(C(=O)ONC(=O)OC(C)(C)C)cn1. The molecule has 1 N–H and O–H groups in total. The Bertz CT molecular complexity index is 434. The first-order valence-electron chi connectivity index (χ1n) is 5.41. The zero-order chi connectivity index (χ0) is 13.8. The maximum absolute atomic E-state index is 11.5. The minimum absolute atomic E-state index is 0.247. The van der Waals surface area contributed by atoms with Gasteiger partial charge in [0.05, 0.1) is 5.56 Å². The molecule has 1 amide bonds. The van der Waals surface area contributed by atoms with Gasteiger partial charge in [0.15, 0.2) is 0 Å². The maximum atomic E-state index is 11.5. The molecule has 0 fully saturated rings. The largest absolute Gasteiger partial charge is 0.442 e. The van der Waals surface area contributed by atoms with Gasteiger partial charge in [-0.2, -0.15) is 0 Å². The van der Waals surface area contributed by atoms with E-state index in [1.54, 1.807) is 39.8 Å². The molecule has 0 aliphatic heterocycles. The quantitative estimate of drug-likeness (QED) is 0.773. The molecule has 6 heteroatoms. The summed E-state index contributed by atoms with van der Waals surface area (Å²) in [7, 11) is 0. The Kier molecular flexibility index (Phi) is 4.25. The molecular formula is C12H16N2O4. The molecule has 0 aromatic carbocycles. The van der Waals surface area contributed by atoms with Crippen molar-refractivity contribution >= 4 is 12.1 Å². The van der Waals surface area contributed by atoms with E-state index < -0.39 is 17.7 Å². The summed E-state index contributed by atoms with van der Waals surface area (Å²) in [6.45, 7) is 6.92. The molecule has 1 rings (SSSR count). The van der Waals surface area contributed by atoms with E-state index in [-0.39, 0.29) is 5.56 Å². The van der Waals surface area contributed by atoms with Crippen molar-refractivity contribution in [2.24, 2.45) is 0 Å². The van der Waals surface area contributed by atoms with Crippen molar-refractivity contribution in [3.63, 3.8) is 0 Å². The number of aryl methyl sites for hydroxylation is 1. The van der Waals surface area contributed by atoms with Crippen molar-refractivity contribution in [3.8, 4) is 0 Å². The van der Waals surface area contributed by atoms with Crippen LogP contribution in [-0.2, 0) is 9.57 Å². The van der Waals surface area contributed by atoms with Gasteiger partial charge < -0.3 is 9.57 Å². The van der Waals surface area contributed by atoms with Crippen molar-refractivity contribution in [1.29, 1.82) is 0 Å². The fourth-order valence-corrected chi connectivity index (χ4v) is 1.03. The van der Waals surface area contributed by atoms with Crippen LogP contribution >= 0.6 is 0 Å². The van der Waals surface area contributed by atoms with E-state index in [1.165, 1.54) is 6.20 Å². The van der Waals surface area contributed by atoms with Gasteiger partial charge in [-0.15, -0.1) is 5.48 Å². The Morgan fingerprint density at radius 1 is 1.28 bits per heavy atom. The third kappa shape index (κ3) is 4.82. The van der Waals surface area contributed by atoms with Gasteiger partial charge in [0, 0.05) is 11.9 Å². The maximum Gasteiger partial charge on any atom is 0.441 e. The number of rotatable bonds is 1. The van der Waals surface area contributed by atoms with Crippen LogP contribution in [0, 0.1) is 6.92 Å². The van der Waals surface area contributed by atoms with Gasteiger partial charge >= 0.3 is 12.1 Å².